The van der Waals surface area contributed by atoms with Crippen LogP contribution in [0.25, 0.3) is 10.2 Å². The van der Waals surface area contributed by atoms with Crippen LogP contribution in [-0.2, 0) is 17.9 Å². The Balaban J connectivity index is 2.00. The Morgan fingerprint density at radius 1 is 1.18 bits per heavy atom. The maximum Gasteiger partial charge on any atom is 0.332 e. The number of fused-ring (bicyclic) bond motifs is 1. The van der Waals surface area contributed by atoms with Crippen LogP contribution < -0.4 is 16.1 Å². The van der Waals surface area contributed by atoms with E-state index in [9.17, 15) is 14.4 Å². The van der Waals surface area contributed by atoms with E-state index in [0.717, 1.165) is 17.7 Å². The first-order valence-electron chi connectivity index (χ1n) is 9.33. The summed E-state index contributed by atoms with van der Waals surface area (Å²) in [6.07, 6.45) is 0.725. The van der Waals surface area contributed by atoms with E-state index in [0.29, 0.717) is 22.7 Å². The van der Waals surface area contributed by atoms with Gasteiger partial charge < -0.3 is 4.90 Å². The number of aromatic nitrogens is 2. The zero-order valence-electron chi connectivity index (χ0n) is 16.6. The highest BCUT2D eigenvalue weighted by Gasteiger charge is 2.19. The van der Waals surface area contributed by atoms with Crippen LogP contribution in [-0.4, -0.2) is 22.1 Å². The van der Waals surface area contributed by atoms with Crippen molar-refractivity contribution in [3.05, 3.63) is 62.1 Å². The molecule has 0 aliphatic carbocycles. The molecule has 1 amide bonds. The molecule has 0 saturated heterocycles. The Hall–Kier alpha value is -2.67. The average Bonchev–Trinajstić information content (AvgIpc) is 3.14. The molecule has 0 aliphatic rings. The molecule has 0 unspecified atom stereocenters. The predicted molar refractivity (Wildman–Crippen MR) is 114 cm³/mol. The zero-order chi connectivity index (χ0) is 20.4. The number of carbonyl (C=O) groups is 1. The molecule has 0 radical (unpaired) electrons. The highest BCUT2D eigenvalue weighted by Crippen LogP contribution is 2.18. The number of hydrogen-bond donors (Lipinski definition) is 0. The molecule has 0 atom stereocenters. The van der Waals surface area contributed by atoms with E-state index in [1.54, 1.807) is 23.4 Å². The maximum atomic E-state index is 13.0. The van der Waals surface area contributed by atoms with Crippen LogP contribution in [0.1, 0.15) is 25.8 Å². The van der Waals surface area contributed by atoms with Gasteiger partial charge in [0, 0.05) is 19.3 Å². The standard InChI is InChI=1S/C21H25N3O3S/c1-14(2)8-10-23-20(26)19-17(9-11-28-19)24(21(23)27)13-18(25)22(4)16-7-5-6-15(3)12-16/h5-7,9,11-12,14H,8,10,13H2,1-4H3. The minimum atomic E-state index is -0.428. The molecule has 28 heavy (non-hydrogen) atoms. The molecule has 0 aliphatic heterocycles. The second-order valence-corrected chi connectivity index (χ2v) is 8.35. The fourth-order valence-electron chi connectivity index (χ4n) is 3.09. The van der Waals surface area contributed by atoms with Gasteiger partial charge in [-0.05, 0) is 48.4 Å². The number of benzene rings is 1. The lowest BCUT2D eigenvalue weighted by atomic mass is 10.1. The summed E-state index contributed by atoms with van der Waals surface area (Å²) < 4.78 is 3.19. The van der Waals surface area contributed by atoms with Crippen LogP contribution in [0.4, 0.5) is 5.69 Å². The molecular formula is C21H25N3O3S. The summed E-state index contributed by atoms with van der Waals surface area (Å²) in [6, 6.07) is 9.37. The Labute approximate surface area is 167 Å². The Morgan fingerprint density at radius 2 is 1.93 bits per heavy atom. The highest BCUT2D eigenvalue weighted by molar-refractivity contribution is 7.17. The van der Waals surface area contributed by atoms with E-state index in [-0.39, 0.29) is 18.0 Å². The van der Waals surface area contributed by atoms with Crippen molar-refractivity contribution in [3.8, 4) is 0 Å². The third kappa shape index (κ3) is 3.94. The lowest BCUT2D eigenvalue weighted by Crippen LogP contribution is -2.42. The number of likely N-dealkylation sites (N-methyl/N-ethyl adjacent to an activating group) is 1. The summed E-state index contributed by atoms with van der Waals surface area (Å²) >= 11 is 1.30. The Morgan fingerprint density at radius 3 is 2.61 bits per heavy atom. The zero-order valence-corrected chi connectivity index (χ0v) is 17.5. The normalized spacial score (nSPS) is 11.3. The molecule has 2 aromatic heterocycles. The molecule has 0 spiro atoms. The van der Waals surface area contributed by atoms with Crippen molar-refractivity contribution in [2.24, 2.45) is 5.92 Å². The van der Waals surface area contributed by atoms with Crippen molar-refractivity contribution in [1.29, 1.82) is 0 Å². The van der Waals surface area contributed by atoms with Gasteiger partial charge in [-0.15, -0.1) is 11.3 Å². The van der Waals surface area contributed by atoms with Crippen LogP contribution in [0.3, 0.4) is 0 Å². The molecule has 6 nitrogen and oxygen atoms in total. The summed E-state index contributed by atoms with van der Waals surface area (Å²) in [6.45, 7) is 6.30. The van der Waals surface area contributed by atoms with Gasteiger partial charge in [0.15, 0.2) is 0 Å². The monoisotopic (exact) mass is 399 g/mol. The van der Waals surface area contributed by atoms with Crippen LogP contribution >= 0.6 is 11.3 Å². The van der Waals surface area contributed by atoms with E-state index in [1.165, 1.54) is 20.5 Å². The number of hydrogen-bond acceptors (Lipinski definition) is 4. The molecule has 2 heterocycles. The summed E-state index contributed by atoms with van der Waals surface area (Å²) in [4.78, 5) is 40.2. The molecule has 0 N–H and O–H groups in total. The van der Waals surface area contributed by atoms with Gasteiger partial charge in [0.1, 0.15) is 11.2 Å². The molecule has 0 saturated carbocycles. The van der Waals surface area contributed by atoms with Gasteiger partial charge >= 0.3 is 5.69 Å². The van der Waals surface area contributed by atoms with Crippen molar-refractivity contribution in [3.63, 3.8) is 0 Å². The maximum absolute atomic E-state index is 13.0. The van der Waals surface area contributed by atoms with Gasteiger partial charge in [-0.25, -0.2) is 4.79 Å². The number of thiophene rings is 1. The lowest BCUT2D eigenvalue weighted by Gasteiger charge is -2.19. The molecule has 148 valence electrons. The van der Waals surface area contributed by atoms with Crippen molar-refractivity contribution < 1.29 is 4.79 Å². The first-order chi connectivity index (χ1) is 13.3. The lowest BCUT2D eigenvalue weighted by molar-refractivity contribution is -0.118. The molecule has 0 fully saturated rings. The second kappa shape index (κ2) is 8.14. The third-order valence-corrected chi connectivity index (χ3v) is 5.71. The largest absolute Gasteiger partial charge is 0.332 e. The van der Waals surface area contributed by atoms with E-state index in [2.05, 4.69) is 0 Å². The number of nitrogens with zero attached hydrogens (tertiary/aromatic N) is 3. The summed E-state index contributed by atoms with van der Waals surface area (Å²) in [7, 11) is 1.70. The minimum absolute atomic E-state index is 0.113. The van der Waals surface area contributed by atoms with Crippen LogP contribution in [0.2, 0.25) is 0 Å². The van der Waals surface area contributed by atoms with E-state index < -0.39 is 5.69 Å². The first kappa shape index (κ1) is 20.1. The van der Waals surface area contributed by atoms with Crippen LogP contribution in [0, 0.1) is 12.8 Å². The van der Waals surface area contributed by atoms with E-state index in [1.807, 2.05) is 45.0 Å². The number of anilines is 1. The van der Waals surface area contributed by atoms with Gasteiger partial charge in [-0.3, -0.25) is 18.7 Å². The summed E-state index contributed by atoms with van der Waals surface area (Å²) in [5.74, 6) is 0.155. The van der Waals surface area contributed by atoms with Crippen molar-refractivity contribution in [1.82, 2.24) is 9.13 Å². The van der Waals surface area contributed by atoms with Gasteiger partial charge in [0.05, 0.1) is 5.52 Å². The Bertz CT molecular complexity index is 1120. The smallest absolute Gasteiger partial charge is 0.314 e. The van der Waals surface area contributed by atoms with Crippen molar-refractivity contribution in [2.45, 2.75) is 40.3 Å². The number of carbonyl (C=O) groups excluding carboxylic acids is 1. The number of rotatable bonds is 6. The van der Waals surface area contributed by atoms with Crippen molar-refractivity contribution >= 4 is 33.1 Å². The topological polar surface area (TPSA) is 64.3 Å². The van der Waals surface area contributed by atoms with Gasteiger partial charge in [0.2, 0.25) is 5.91 Å². The predicted octanol–water partition coefficient (Wildman–Crippen LogP) is 3.24. The van der Waals surface area contributed by atoms with Crippen LogP contribution in [0.5, 0.6) is 0 Å². The van der Waals surface area contributed by atoms with Gasteiger partial charge in [-0.2, -0.15) is 0 Å². The van der Waals surface area contributed by atoms with Gasteiger partial charge in [0.25, 0.3) is 5.56 Å². The molecular weight excluding hydrogens is 374 g/mol. The molecule has 0 bridgehead atoms. The molecule has 1 aromatic carbocycles. The molecule has 3 rings (SSSR count). The average molecular weight is 400 g/mol. The number of amides is 1. The first-order valence-corrected chi connectivity index (χ1v) is 10.2. The van der Waals surface area contributed by atoms with E-state index >= 15 is 0 Å². The van der Waals surface area contributed by atoms with Crippen molar-refractivity contribution in [2.75, 3.05) is 11.9 Å². The fourth-order valence-corrected chi connectivity index (χ4v) is 3.94. The quantitative estimate of drug-likeness (QED) is 0.639. The highest BCUT2D eigenvalue weighted by atomic mass is 32.1. The van der Waals surface area contributed by atoms with Crippen LogP contribution in [0.15, 0.2) is 45.3 Å². The van der Waals surface area contributed by atoms with Gasteiger partial charge in [-0.1, -0.05) is 26.0 Å². The van der Waals surface area contributed by atoms with E-state index in [4.69, 9.17) is 0 Å². The molecule has 3 aromatic rings. The number of aryl methyl sites for hydroxylation is 1. The second-order valence-electron chi connectivity index (χ2n) is 7.43. The third-order valence-electron chi connectivity index (χ3n) is 4.82. The minimum Gasteiger partial charge on any atom is -0.314 e. The fraction of sp³-hybridized carbons (Fsp3) is 0.381. The SMILES string of the molecule is Cc1cccc(N(C)C(=O)Cn2c(=O)n(CCC(C)C)c(=O)c3sccc32)c1. The Kier molecular flexibility index (Phi) is 5.84. The summed E-state index contributed by atoms with van der Waals surface area (Å²) in [5, 5.41) is 1.78. The molecule has 7 heteroatoms. The summed E-state index contributed by atoms with van der Waals surface area (Å²) in [5.41, 5.74) is 1.64.